The zero-order chi connectivity index (χ0) is 19.9. The second kappa shape index (κ2) is 9.52. The highest BCUT2D eigenvalue weighted by atomic mass is 16.5. The molecule has 1 aliphatic rings. The van der Waals surface area contributed by atoms with E-state index in [0.29, 0.717) is 25.2 Å². The first-order chi connectivity index (χ1) is 14.3. The van der Waals surface area contributed by atoms with Gasteiger partial charge in [0.2, 0.25) is 0 Å². The van der Waals surface area contributed by atoms with Gasteiger partial charge in [-0.2, -0.15) is 0 Å². The Kier molecular flexibility index (Phi) is 6.36. The summed E-state index contributed by atoms with van der Waals surface area (Å²) < 4.78 is 5.39. The lowest BCUT2D eigenvalue weighted by molar-refractivity contribution is 0.0944. The molecule has 0 radical (unpaired) electrons. The van der Waals surface area contributed by atoms with Crippen molar-refractivity contribution < 1.29 is 9.32 Å². The van der Waals surface area contributed by atoms with Gasteiger partial charge >= 0.3 is 0 Å². The maximum atomic E-state index is 12.2. The van der Waals surface area contributed by atoms with Crippen molar-refractivity contribution in [1.29, 1.82) is 0 Å². The number of nitrogens with one attached hydrogen (secondary N) is 2. The van der Waals surface area contributed by atoms with Crippen LogP contribution in [0.25, 0.3) is 0 Å². The number of aromatic nitrogens is 3. The van der Waals surface area contributed by atoms with Crippen molar-refractivity contribution in [2.45, 2.75) is 32.2 Å². The number of benzene rings is 1. The fourth-order valence-corrected chi connectivity index (χ4v) is 3.83. The third-order valence-electron chi connectivity index (χ3n) is 5.48. The Labute approximate surface area is 170 Å². The van der Waals surface area contributed by atoms with Gasteiger partial charge in [0.25, 0.3) is 5.91 Å². The largest absolute Gasteiger partial charge is 0.359 e. The molecule has 0 spiro atoms. The minimum atomic E-state index is -0.207. The number of likely N-dealkylation sites (tertiary alicyclic amines) is 1. The third-order valence-corrected chi connectivity index (χ3v) is 5.48. The molecule has 1 amide bonds. The number of carbonyl (C=O) groups is 1. The predicted octanol–water partition coefficient (Wildman–Crippen LogP) is 2.82. The molecule has 1 aliphatic heterocycles. The molecule has 3 heterocycles. The van der Waals surface area contributed by atoms with Crippen LogP contribution in [-0.2, 0) is 19.4 Å². The Morgan fingerprint density at radius 2 is 2.07 bits per heavy atom. The van der Waals surface area contributed by atoms with Gasteiger partial charge in [-0.1, -0.05) is 35.5 Å². The highest BCUT2D eigenvalue weighted by Crippen LogP contribution is 2.23. The average Bonchev–Trinajstić information content (AvgIpc) is 3.42. The van der Waals surface area contributed by atoms with Gasteiger partial charge in [0.05, 0.1) is 12.9 Å². The zero-order valence-corrected chi connectivity index (χ0v) is 16.5. The number of hydrogen-bond acceptors (Lipinski definition) is 5. The van der Waals surface area contributed by atoms with Crippen molar-refractivity contribution in [3.63, 3.8) is 0 Å². The first-order valence-corrected chi connectivity index (χ1v) is 10.2. The zero-order valence-electron chi connectivity index (χ0n) is 16.5. The molecule has 29 heavy (non-hydrogen) atoms. The second-order valence-electron chi connectivity index (χ2n) is 7.67. The topological polar surface area (TPSA) is 87.0 Å². The molecule has 0 bridgehead atoms. The van der Waals surface area contributed by atoms with Crippen LogP contribution in [0.4, 0.5) is 0 Å². The van der Waals surface area contributed by atoms with Crippen molar-refractivity contribution >= 4 is 5.91 Å². The number of rotatable bonds is 8. The normalized spacial score (nSPS) is 15.4. The SMILES string of the molecule is O=C(NCCc1cnc[nH]1)c1cc(CN2CCC(Cc3ccccc3)CC2)on1. The van der Waals surface area contributed by atoms with Gasteiger partial charge in [0.1, 0.15) is 0 Å². The molecule has 3 aromatic rings. The standard InChI is InChI=1S/C22H27N5O2/c28-22(24-9-6-19-14-23-16-25-19)21-13-20(29-26-21)15-27-10-7-18(8-11-27)12-17-4-2-1-3-5-17/h1-5,13-14,16,18H,6-12,15H2,(H,23,25)(H,24,28). The highest BCUT2D eigenvalue weighted by Gasteiger charge is 2.21. The van der Waals surface area contributed by atoms with E-state index in [9.17, 15) is 4.79 Å². The number of hydrogen-bond donors (Lipinski definition) is 2. The van der Waals surface area contributed by atoms with E-state index in [-0.39, 0.29) is 5.91 Å². The number of H-pyrrole nitrogens is 1. The maximum Gasteiger partial charge on any atom is 0.273 e. The molecule has 7 nitrogen and oxygen atoms in total. The molecule has 2 aromatic heterocycles. The summed E-state index contributed by atoms with van der Waals surface area (Å²) in [4.78, 5) is 21.6. The molecule has 4 rings (SSSR count). The first-order valence-electron chi connectivity index (χ1n) is 10.2. The summed E-state index contributed by atoms with van der Waals surface area (Å²) in [6.07, 6.45) is 7.61. The summed E-state index contributed by atoms with van der Waals surface area (Å²) in [6, 6.07) is 12.5. The Morgan fingerprint density at radius 1 is 1.24 bits per heavy atom. The Bertz CT molecular complexity index is 883. The molecular weight excluding hydrogens is 366 g/mol. The monoisotopic (exact) mass is 393 g/mol. The number of aromatic amines is 1. The first kappa shape index (κ1) is 19.4. The van der Waals surface area contributed by atoms with E-state index >= 15 is 0 Å². The van der Waals surface area contributed by atoms with E-state index in [4.69, 9.17) is 4.52 Å². The van der Waals surface area contributed by atoms with Gasteiger partial charge < -0.3 is 14.8 Å². The Balaban J connectivity index is 1.20. The number of nitrogens with zero attached hydrogens (tertiary/aromatic N) is 3. The Hall–Kier alpha value is -2.93. The minimum absolute atomic E-state index is 0.207. The summed E-state index contributed by atoms with van der Waals surface area (Å²) >= 11 is 0. The van der Waals surface area contributed by atoms with Gasteiger partial charge in [-0.3, -0.25) is 9.69 Å². The Morgan fingerprint density at radius 3 is 2.83 bits per heavy atom. The number of piperidine rings is 1. The quantitative estimate of drug-likeness (QED) is 0.615. The van der Waals surface area contributed by atoms with Gasteiger partial charge in [-0.15, -0.1) is 0 Å². The van der Waals surface area contributed by atoms with Crippen molar-refractivity contribution in [2.75, 3.05) is 19.6 Å². The van der Waals surface area contributed by atoms with Crippen LogP contribution in [0.2, 0.25) is 0 Å². The van der Waals surface area contributed by atoms with Crippen LogP contribution in [-0.4, -0.2) is 45.6 Å². The predicted molar refractivity (Wildman–Crippen MR) is 109 cm³/mol. The van der Waals surface area contributed by atoms with Crippen molar-refractivity contribution in [1.82, 2.24) is 25.3 Å². The smallest absolute Gasteiger partial charge is 0.273 e. The van der Waals surface area contributed by atoms with Crippen LogP contribution in [0.1, 0.15) is 40.3 Å². The molecule has 0 saturated carbocycles. The van der Waals surface area contributed by atoms with Crippen LogP contribution in [0, 0.1) is 5.92 Å². The van der Waals surface area contributed by atoms with Gasteiger partial charge in [0.15, 0.2) is 11.5 Å². The van der Waals surface area contributed by atoms with Crippen molar-refractivity contribution in [3.05, 3.63) is 71.6 Å². The molecule has 0 unspecified atom stereocenters. The third kappa shape index (κ3) is 5.54. The fraction of sp³-hybridized carbons (Fsp3) is 0.409. The lowest BCUT2D eigenvalue weighted by Gasteiger charge is -2.31. The van der Waals surface area contributed by atoms with E-state index in [1.54, 1.807) is 18.6 Å². The molecular formula is C22H27N5O2. The number of carbonyl (C=O) groups excluding carboxylic acids is 1. The van der Waals surface area contributed by atoms with Gasteiger partial charge in [-0.05, 0) is 43.8 Å². The van der Waals surface area contributed by atoms with E-state index < -0.39 is 0 Å². The molecule has 152 valence electrons. The van der Waals surface area contributed by atoms with Crippen LogP contribution in [0.3, 0.4) is 0 Å². The van der Waals surface area contributed by atoms with Crippen LogP contribution < -0.4 is 5.32 Å². The molecule has 1 aromatic carbocycles. The summed E-state index contributed by atoms with van der Waals surface area (Å²) in [7, 11) is 0. The van der Waals surface area contributed by atoms with Gasteiger partial charge in [-0.25, -0.2) is 4.98 Å². The van der Waals surface area contributed by atoms with E-state index in [1.165, 1.54) is 18.4 Å². The minimum Gasteiger partial charge on any atom is -0.359 e. The molecule has 7 heteroatoms. The van der Waals surface area contributed by atoms with Crippen LogP contribution in [0.5, 0.6) is 0 Å². The van der Waals surface area contributed by atoms with Crippen LogP contribution in [0.15, 0.2) is 53.4 Å². The van der Waals surface area contributed by atoms with Gasteiger partial charge in [0, 0.05) is 30.9 Å². The molecule has 1 fully saturated rings. The molecule has 2 N–H and O–H groups in total. The summed E-state index contributed by atoms with van der Waals surface area (Å²) in [5, 5.41) is 6.79. The van der Waals surface area contributed by atoms with Crippen molar-refractivity contribution in [2.24, 2.45) is 5.92 Å². The van der Waals surface area contributed by atoms with Crippen LogP contribution >= 0.6 is 0 Å². The number of imidazole rings is 1. The van der Waals surface area contributed by atoms with E-state index in [0.717, 1.165) is 36.9 Å². The fourth-order valence-electron chi connectivity index (χ4n) is 3.83. The summed E-state index contributed by atoms with van der Waals surface area (Å²) in [5.41, 5.74) is 2.75. The molecule has 0 aliphatic carbocycles. The lowest BCUT2D eigenvalue weighted by atomic mass is 9.90. The molecule has 0 atom stereocenters. The second-order valence-corrected chi connectivity index (χ2v) is 7.67. The summed E-state index contributed by atoms with van der Waals surface area (Å²) in [5.74, 6) is 1.27. The van der Waals surface area contributed by atoms with E-state index in [1.807, 2.05) is 0 Å². The lowest BCUT2D eigenvalue weighted by Crippen LogP contribution is -2.33. The highest BCUT2D eigenvalue weighted by molar-refractivity contribution is 5.92. The van der Waals surface area contributed by atoms with Crippen molar-refractivity contribution in [3.8, 4) is 0 Å². The van der Waals surface area contributed by atoms with E-state index in [2.05, 4.69) is 55.7 Å². The maximum absolute atomic E-state index is 12.2. The average molecular weight is 393 g/mol. The number of amides is 1. The molecule has 1 saturated heterocycles. The summed E-state index contributed by atoms with van der Waals surface area (Å²) in [6.45, 7) is 3.32.